The summed E-state index contributed by atoms with van der Waals surface area (Å²) in [6.45, 7) is 3.85. The Morgan fingerprint density at radius 2 is 1.86 bits per heavy atom. The molecule has 1 N–H and O–H groups in total. The van der Waals surface area contributed by atoms with Crippen molar-refractivity contribution in [2.75, 3.05) is 6.54 Å². The standard InChI is InChI=1S/C15H18F2N2O2/c1-9(2)3-13-15(21)18-7-14(20)19(13)8-10-4-11(16)6-12(17)5-10/h4-6,9,13H,3,7-8H2,1-2H3,(H,18,21). The highest BCUT2D eigenvalue weighted by Crippen LogP contribution is 2.19. The molecule has 1 heterocycles. The van der Waals surface area contributed by atoms with Crippen molar-refractivity contribution < 1.29 is 18.4 Å². The Morgan fingerprint density at radius 1 is 1.24 bits per heavy atom. The zero-order chi connectivity index (χ0) is 15.6. The fourth-order valence-electron chi connectivity index (χ4n) is 2.48. The minimum atomic E-state index is -0.695. The number of carbonyl (C=O) groups is 2. The molecule has 1 aliphatic rings. The lowest BCUT2D eigenvalue weighted by Crippen LogP contribution is -2.58. The fourth-order valence-corrected chi connectivity index (χ4v) is 2.48. The van der Waals surface area contributed by atoms with E-state index in [4.69, 9.17) is 0 Å². The number of rotatable bonds is 4. The molecule has 1 saturated heterocycles. The van der Waals surface area contributed by atoms with Gasteiger partial charge in [-0.05, 0) is 30.0 Å². The summed E-state index contributed by atoms with van der Waals surface area (Å²) in [7, 11) is 0. The van der Waals surface area contributed by atoms with Crippen LogP contribution in [0.25, 0.3) is 0 Å². The molecular formula is C15H18F2N2O2. The summed E-state index contributed by atoms with van der Waals surface area (Å²) >= 11 is 0. The summed E-state index contributed by atoms with van der Waals surface area (Å²) in [5.74, 6) is -1.64. The van der Waals surface area contributed by atoms with Crippen molar-refractivity contribution in [3.05, 3.63) is 35.4 Å². The molecule has 1 unspecified atom stereocenters. The SMILES string of the molecule is CC(C)CC1C(=O)NCC(=O)N1Cc1cc(F)cc(F)c1. The van der Waals surface area contributed by atoms with E-state index >= 15 is 0 Å². The summed E-state index contributed by atoms with van der Waals surface area (Å²) in [5, 5.41) is 2.55. The summed E-state index contributed by atoms with van der Waals surface area (Å²) in [5.41, 5.74) is 0.337. The van der Waals surface area contributed by atoms with Crippen LogP contribution in [0.3, 0.4) is 0 Å². The molecule has 1 aromatic carbocycles. The predicted molar refractivity (Wildman–Crippen MR) is 73.2 cm³/mol. The molecule has 114 valence electrons. The summed E-state index contributed by atoms with van der Waals surface area (Å²) < 4.78 is 26.5. The van der Waals surface area contributed by atoms with Crippen LogP contribution < -0.4 is 5.32 Å². The number of nitrogens with one attached hydrogen (secondary N) is 1. The normalized spacial score (nSPS) is 19.1. The molecule has 1 fully saturated rings. The van der Waals surface area contributed by atoms with Gasteiger partial charge in [0.25, 0.3) is 0 Å². The Balaban J connectivity index is 2.24. The van der Waals surface area contributed by atoms with E-state index in [1.807, 2.05) is 13.8 Å². The highest BCUT2D eigenvalue weighted by molar-refractivity contribution is 5.94. The Morgan fingerprint density at radius 3 is 2.43 bits per heavy atom. The zero-order valence-electron chi connectivity index (χ0n) is 12.0. The largest absolute Gasteiger partial charge is 0.345 e. The second-order valence-electron chi connectivity index (χ2n) is 5.66. The van der Waals surface area contributed by atoms with Gasteiger partial charge < -0.3 is 10.2 Å². The van der Waals surface area contributed by atoms with Crippen molar-refractivity contribution in [3.63, 3.8) is 0 Å². The van der Waals surface area contributed by atoms with E-state index in [1.54, 1.807) is 0 Å². The third-order valence-electron chi connectivity index (χ3n) is 3.38. The molecule has 1 aliphatic heterocycles. The first kappa shape index (κ1) is 15.4. The van der Waals surface area contributed by atoms with Gasteiger partial charge in [-0.3, -0.25) is 9.59 Å². The molecule has 21 heavy (non-hydrogen) atoms. The Kier molecular flexibility index (Phi) is 4.55. The fraction of sp³-hybridized carbons (Fsp3) is 0.467. The van der Waals surface area contributed by atoms with Crippen molar-refractivity contribution >= 4 is 11.8 Å². The molecule has 0 saturated carbocycles. The Bertz CT molecular complexity index is 540. The molecule has 0 bridgehead atoms. The second-order valence-corrected chi connectivity index (χ2v) is 5.66. The quantitative estimate of drug-likeness (QED) is 0.921. The lowest BCUT2D eigenvalue weighted by Gasteiger charge is -2.36. The molecule has 0 aliphatic carbocycles. The van der Waals surface area contributed by atoms with Crippen LogP contribution in [-0.4, -0.2) is 29.3 Å². The van der Waals surface area contributed by atoms with E-state index in [0.29, 0.717) is 12.0 Å². The number of benzene rings is 1. The van der Waals surface area contributed by atoms with Crippen molar-refractivity contribution in [2.45, 2.75) is 32.9 Å². The van der Waals surface area contributed by atoms with E-state index in [0.717, 1.165) is 6.07 Å². The monoisotopic (exact) mass is 296 g/mol. The van der Waals surface area contributed by atoms with Gasteiger partial charge in [0, 0.05) is 12.6 Å². The van der Waals surface area contributed by atoms with Gasteiger partial charge in [0.05, 0.1) is 6.54 Å². The van der Waals surface area contributed by atoms with Gasteiger partial charge >= 0.3 is 0 Å². The third-order valence-corrected chi connectivity index (χ3v) is 3.38. The van der Waals surface area contributed by atoms with Gasteiger partial charge in [-0.2, -0.15) is 0 Å². The molecule has 2 amide bonds. The van der Waals surface area contributed by atoms with E-state index in [1.165, 1.54) is 17.0 Å². The number of nitrogens with zero attached hydrogens (tertiary/aromatic N) is 1. The van der Waals surface area contributed by atoms with E-state index in [9.17, 15) is 18.4 Å². The molecule has 0 radical (unpaired) electrons. The van der Waals surface area contributed by atoms with Crippen LogP contribution in [-0.2, 0) is 16.1 Å². The van der Waals surface area contributed by atoms with Crippen LogP contribution >= 0.6 is 0 Å². The first-order valence-corrected chi connectivity index (χ1v) is 6.89. The first-order chi connectivity index (χ1) is 9.86. The number of hydrogen-bond acceptors (Lipinski definition) is 2. The maximum Gasteiger partial charge on any atom is 0.243 e. The third kappa shape index (κ3) is 3.77. The zero-order valence-corrected chi connectivity index (χ0v) is 12.0. The van der Waals surface area contributed by atoms with E-state index < -0.39 is 17.7 Å². The number of halogens is 2. The average Bonchev–Trinajstić information content (AvgIpc) is 2.36. The van der Waals surface area contributed by atoms with Crippen LogP contribution in [0.2, 0.25) is 0 Å². The van der Waals surface area contributed by atoms with Crippen molar-refractivity contribution in [1.29, 1.82) is 0 Å². The van der Waals surface area contributed by atoms with Gasteiger partial charge in [-0.15, -0.1) is 0 Å². The Labute approximate surface area is 122 Å². The van der Waals surface area contributed by atoms with Crippen LogP contribution in [0.5, 0.6) is 0 Å². The van der Waals surface area contributed by atoms with Gasteiger partial charge in [0.1, 0.15) is 17.7 Å². The molecular weight excluding hydrogens is 278 g/mol. The highest BCUT2D eigenvalue weighted by Gasteiger charge is 2.34. The van der Waals surface area contributed by atoms with E-state index in [2.05, 4.69) is 5.32 Å². The highest BCUT2D eigenvalue weighted by atomic mass is 19.1. The van der Waals surface area contributed by atoms with Crippen molar-refractivity contribution in [3.8, 4) is 0 Å². The van der Waals surface area contributed by atoms with Gasteiger partial charge in [0.2, 0.25) is 11.8 Å². The van der Waals surface area contributed by atoms with E-state index in [-0.39, 0.29) is 30.8 Å². The second kappa shape index (κ2) is 6.20. The van der Waals surface area contributed by atoms with Crippen molar-refractivity contribution in [1.82, 2.24) is 10.2 Å². The predicted octanol–water partition coefficient (Wildman–Crippen LogP) is 1.84. The van der Waals surface area contributed by atoms with Gasteiger partial charge in [-0.25, -0.2) is 8.78 Å². The summed E-state index contributed by atoms with van der Waals surface area (Å²) in [6, 6.07) is 2.53. The number of amides is 2. The van der Waals surface area contributed by atoms with Crippen LogP contribution in [0, 0.1) is 17.6 Å². The topological polar surface area (TPSA) is 49.4 Å². The molecule has 4 nitrogen and oxygen atoms in total. The van der Waals surface area contributed by atoms with Crippen LogP contribution in [0.4, 0.5) is 8.78 Å². The average molecular weight is 296 g/mol. The molecule has 1 atom stereocenters. The molecule has 0 spiro atoms. The van der Waals surface area contributed by atoms with Gasteiger partial charge in [-0.1, -0.05) is 13.8 Å². The summed E-state index contributed by atoms with van der Waals surface area (Å²) in [4.78, 5) is 25.4. The summed E-state index contributed by atoms with van der Waals surface area (Å²) in [6.07, 6.45) is 0.509. The molecule has 1 aromatic rings. The smallest absolute Gasteiger partial charge is 0.243 e. The lowest BCUT2D eigenvalue weighted by molar-refractivity contribution is -0.146. The van der Waals surface area contributed by atoms with Gasteiger partial charge in [0.15, 0.2) is 0 Å². The van der Waals surface area contributed by atoms with Crippen molar-refractivity contribution in [2.24, 2.45) is 5.92 Å². The minimum Gasteiger partial charge on any atom is -0.345 e. The molecule has 0 aromatic heterocycles. The molecule has 2 rings (SSSR count). The van der Waals surface area contributed by atoms with Crippen LogP contribution in [0.15, 0.2) is 18.2 Å². The molecule has 6 heteroatoms. The maximum atomic E-state index is 13.2. The number of hydrogen-bond donors (Lipinski definition) is 1. The first-order valence-electron chi connectivity index (χ1n) is 6.89. The van der Waals surface area contributed by atoms with Crippen LogP contribution in [0.1, 0.15) is 25.8 Å². The maximum absolute atomic E-state index is 13.2. The Hall–Kier alpha value is -1.98. The number of carbonyl (C=O) groups excluding carboxylic acids is 2. The minimum absolute atomic E-state index is 0.0261. The lowest BCUT2D eigenvalue weighted by atomic mass is 9.99. The number of piperazine rings is 1.